The normalized spacial score (nSPS) is 21.8. The number of benzene rings is 1. The zero-order chi connectivity index (χ0) is 11.5. The van der Waals surface area contributed by atoms with Gasteiger partial charge in [-0.1, -0.05) is 6.07 Å². The number of hydrogen-bond donors (Lipinski definition) is 3. The van der Waals surface area contributed by atoms with Crippen molar-refractivity contribution in [3.05, 3.63) is 30.1 Å². The maximum atomic E-state index is 12.8. The van der Waals surface area contributed by atoms with Gasteiger partial charge < -0.3 is 5.73 Å². The summed E-state index contributed by atoms with van der Waals surface area (Å²) in [5.74, 6) is 5.07. The Balaban J connectivity index is 2.07. The van der Waals surface area contributed by atoms with Crippen LogP contribution in [-0.4, -0.2) is 23.2 Å². The van der Waals surface area contributed by atoms with Crippen molar-refractivity contribution in [1.82, 2.24) is 5.12 Å². The lowest BCUT2D eigenvalue weighted by atomic mass is 10.3. The molecule has 1 atom stereocenters. The Morgan fingerprint density at radius 2 is 2.31 bits per heavy atom. The van der Waals surface area contributed by atoms with Gasteiger partial charge in [0, 0.05) is 0 Å². The standard InChI is InChI=1S/C9H11FN6/c10-6-2-1-3-7(4-6)14-15-8-5-13-16(12)9(8)11/h1-5,9,14H,11-12H2. The number of hydrazine groups is 1. The van der Waals surface area contributed by atoms with Gasteiger partial charge in [-0.25, -0.2) is 15.4 Å². The molecule has 16 heavy (non-hydrogen) atoms. The van der Waals surface area contributed by atoms with Crippen LogP contribution in [0.2, 0.25) is 0 Å². The molecule has 0 bridgehead atoms. The van der Waals surface area contributed by atoms with Gasteiger partial charge in [-0.2, -0.15) is 10.2 Å². The number of anilines is 1. The van der Waals surface area contributed by atoms with Crippen LogP contribution in [0.1, 0.15) is 0 Å². The molecule has 0 amide bonds. The number of hydrazone groups is 2. The van der Waals surface area contributed by atoms with Crippen LogP contribution in [0.5, 0.6) is 0 Å². The number of nitrogens with one attached hydrogen (secondary N) is 1. The first kappa shape index (κ1) is 10.5. The van der Waals surface area contributed by atoms with E-state index in [2.05, 4.69) is 15.6 Å². The molecule has 0 aliphatic carbocycles. The summed E-state index contributed by atoms with van der Waals surface area (Å²) >= 11 is 0. The van der Waals surface area contributed by atoms with E-state index in [-0.39, 0.29) is 5.82 Å². The van der Waals surface area contributed by atoms with Crippen molar-refractivity contribution in [3.8, 4) is 0 Å². The first-order chi connectivity index (χ1) is 7.66. The molecule has 5 N–H and O–H groups in total. The summed E-state index contributed by atoms with van der Waals surface area (Å²) in [5, 5.41) is 8.80. The first-order valence-corrected chi connectivity index (χ1v) is 4.59. The zero-order valence-corrected chi connectivity index (χ0v) is 8.34. The van der Waals surface area contributed by atoms with E-state index in [4.69, 9.17) is 11.6 Å². The topological polar surface area (TPSA) is 92.0 Å². The highest BCUT2D eigenvalue weighted by Gasteiger charge is 2.20. The molecule has 0 saturated carbocycles. The highest BCUT2D eigenvalue weighted by molar-refractivity contribution is 6.34. The molecule has 1 aromatic carbocycles. The molecule has 1 aromatic rings. The van der Waals surface area contributed by atoms with Crippen molar-refractivity contribution in [1.29, 1.82) is 0 Å². The molecule has 0 fully saturated rings. The molecule has 6 nitrogen and oxygen atoms in total. The Bertz CT molecular complexity index is 443. The Kier molecular flexibility index (Phi) is 2.80. The van der Waals surface area contributed by atoms with Crippen LogP contribution >= 0.6 is 0 Å². The fourth-order valence-corrected chi connectivity index (χ4v) is 1.19. The summed E-state index contributed by atoms with van der Waals surface area (Å²) in [5.41, 5.74) is 9.33. The van der Waals surface area contributed by atoms with E-state index in [0.29, 0.717) is 11.4 Å². The highest BCUT2D eigenvalue weighted by Crippen LogP contribution is 2.09. The lowest BCUT2D eigenvalue weighted by Crippen LogP contribution is -2.44. The summed E-state index contributed by atoms with van der Waals surface area (Å²) in [6.45, 7) is 0. The second-order valence-electron chi connectivity index (χ2n) is 3.23. The van der Waals surface area contributed by atoms with E-state index in [1.54, 1.807) is 12.1 Å². The van der Waals surface area contributed by atoms with E-state index in [9.17, 15) is 4.39 Å². The van der Waals surface area contributed by atoms with Gasteiger partial charge in [0.05, 0.1) is 11.9 Å². The quantitative estimate of drug-likeness (QED) is 0.487. The Morgan fingerprint density at radius 3 is 2.94 bits per heavy atom. The number of nitrogens with zero attached hydrogens (tertiary/aromatic N) is 3. The summed E-state index contributed by atoms with van der Waals surface area (Å²) in [6.07, 6.45) is 0.859. The minimum Gasteiger partial charge on any atom is -0.303 e. The Morgan fingerprint density at radius 1 is 1.50 bits per heavy atom. The number of rotatable bonds is 2. The van der Waals surface area contributed by atoms with E-state index < -0.39 is 6.17 Å². The molecule has 0 aromatic heterocycles. The number of nitrogens with two attached hydrogens (primary N) is 2. The van der Waals surface area contributed by atoms with Crippen LogP contribution in [0.15, 0.2) is 34.5 Å². The van der Waals surface area contributed by atoms with Crippen molar-refractivity contribution in [2.24, 2.45) is 21.8 Å². The third kappa shape index (κ3) is 2.15. The minimum atomic E-state index is -0.582. The Hall–Kier alpha value is -1.99. The highest BCUT2D eigenvalue weighted by atomic mass is 19.1. The van der Waals surface area contributed by atoms with Gasteiger partial charge in [-0.15, -0.1) is 0 Å². The van der Waals surface area contributed by atoms with Crippen LogP contribution in [0.25, 0.3) is 0 Å². The van der Waals surface area contributed by atoms with Crippen LogP contribution in [0.4, 0.5) is 10.1 Å². The number of hydrogen-bond acceptors (Lipinski definition) is 6. The molecule has 0 spiro atoms. The molecule has 84 valence electrons. The maximum absolute atomic E-state index is 12.8. The second-order valence-corrected chi connectivity index (χ2v) is 3.23. The smallest absolute Gasteiger partial charge is 0.157 e. The summed E-state index contributed by atoms with van der Waals surface area (Å²) in [7, 11) is 0. The molecule has 1 aliphatic rings. The largest absolute Gasteiger partial charge is 0.303 e. The molecular formula is C9H11FN6. The van der Waals surface area contributed by atoms with E-state index >= 15 is 0 Å². The van der Waals surface area contributed by atoms with Gasteiger partial charge in [0.2, 0.25) is 0 Å². The van der Waals surface area contributed by atoms with Crippen LogP contribution in [0.3, 0.4) is 0 Å². The predicted molar refractivity (Wildman–Crippen MR) is 60.0 cm³/mol. The van der Waals surface area contributed by atoms with E-state index in [0.717, 1.165) is 5.12 Å². The van der Waals surface area contributed by atoms with E-state index in [1.165, 1.54) is 18.3 Å². The van der Waals surface area contributed by atoms with Gasteiger partial charge in [0.25, 0.3) is 0 Å². The molecule has 1 unspecified atom stereocenters. The van der Waals surface area contributed by atoms with Crippen molar-refractivity contribution in [2.75, 3.05) is 5.43 Å². The summed E-state index contributed by atoms with van der Waals surface area (Å²) in [6, 6.07) is 5.94. The van der Waals surface area contributed by atoms with Crippen molar-refractivity contribution >= 4 is 17.6 Å². The van der Waals surface area contributed by atoms with Crippen molar-refractivity contribution in [3.63, 3.8) is 0 Å². The van der Waals surface area contributed by atoms with Crippen LogP contribution < -0.4 is 17.0 Å². The average molecular weight is 222 g/mol. The lowest BCUT2D eigenvalue weighted by Gasteiger charge is -2.12. The molecule has 0 radical (unpaired) electrons. The summed E-state index contributed by atoms with van der Waals surface area (Å²) < 4.78 is 12.8. The van der Waals surface area contributed by atoms with Crippen molar-refractivity contribution in [2.45, 2.75) is 6.17 Å². The first-order valence-electron chi connectivity index (χ1n) is 4.59. The molecule has 0 saturated heterocycles. The van der Waals surface area contributed by atoms with Crippen LogP contribution in [-0.2, 0) is 0 Å². The van der Waals surface area contributed by atoms with Gasteiger partial charge in [-0.3, -0.25) is 5.43 Å². The molecule has 1 heterocycles. The average Bonchev–Trinajstić information content (AvgIpc) is 2.57. The van der Waals surface area contributed by atoms with Crippen molar-refractivity contribution < 1.29 is 4.39 Å². The minimum absolute atomic E-state index is 0.338. The van der Waals surface area contributed by atoms with Gasteiger partial charge in [-0.05, 0) is 18.2 Å². The maximum Gasteiger partial charge on any atom is 0.157 e. The van der Waals surface area contributed by atoms with Gasteiger partial charge >= 0.3 is 0 Å². The van der Waals surface area contributed by atoms with Gasteiger partial charge in [0.15, 0.2) is 6.17 Å². The summed E-state index contributed by atoms with van der Waals surface area (Å²) in [4.78, 5) is 0. The fraction of sp³-hybridized carbons (Fsp3) is 0.111. The third-order valence-electron chi connectivity index (χ3n) is 2.05. The molecular weight excluding hydrogens is 211 g/mol. The SMILES string of the molecule is NC1C(=NNc2cccc(F)c2)C=NN1N. The van der Waals surface area contributed by atoms with Crippen LogP contribution in [0, 0.1) is 5.82 Å². The molecule has 2 rings (SSSR count). The fourth-order valence-electron chi connectivity index (χ4n) is 1.19. The van der Waals surface area contributed by atoms with Gasteiger partial charge in [0.1, 0.15) is 11.5 Å². The third-order valence-corrected chi connectivity index (χ3v) is 2.05. The Labute approximate surface area is 91.4 Å². The second kappa shape index (κ2) is 4.25. The van der Waals surface area contributed by atoms with E-state index in [1.807, 2.05) is 0 Å². The zero-order valence-electron chi connectivity index (χ0n) is 8.34. The predicted octanol–water partition coefficient (Wildman–Crippen LogP) is 0.0535. The molecule has 1 aliphatic heterocycles. The lowest BCUT2D eigenvalue weighted by molar-refractivity contribution is 0.280. The monoisotopic (exact) mass is 222 g/mol. The molecule has 7 heteroatoms. The number of halogens is 1.